The molecule has 0 aromatic carbocycles. The minimum atomic E-state index is -0.495. The van der Waals surface area contributed by atoms with Crippen molar-refractivity contribution in [3.8, 4) is 0 Å². The molecule has 2 aromatic rings. The first kappa shape index (κ1) is 11.8. The first-order valence-corrected chi connectivity index (χ1v) is 5.94. The summed E-state index contributed by atoms with van der Waals surface area (Å²) in [6.45, 7) is 2.04. The molecule has 6 nitrogen and oxygen atoms in total. The summed E-state index contributed by atoms with van der Waals surface area (Å²) >= 11 is 0. The lowest BCUT2D eigenvalue weighted by Gasteiger charge is -2.39. The van der Waals surface area contributed by atoms with Gasteiger partial charge in [-0.05, 0) is 6.07 Å². The van der Waals surface area contributed by atoms with Gasteiger partial charge in [0.1, 0.15) is 18.5 Å². The predicted molar refractivity (Wildman–Crippen MR) is 63.6 cm³/mol. The molecule has 1 fully saturated rings. The topological polar surface area (TPSA) is 63.9 Å². The second-order valence-corrected chi connectivity index (χ2v) is 4.59. The summed E-state index contributed by atoms with van der Waals surface area (Å²) in [6.07, 6.45) is 5.61. The van der Waals surface area contributed by atoms with Gasteiger partial charge in [0.25, 0.3) is 5.91 Å². The van der Waals surface area contributed by atoms with Crippen LogP contribution in [0.3, 0.4) is 0 Å². The summed E-state index contributed by atoms with van der Waals surface area (Å²) in [5.41, 5.74) is 0.291. The highest BCUT2D eigenvalue weighted by Crippen LogP contribution is 2.19. The maximum absolute atomic E-state index is 13.0. The van der Waals surface area contributed by atoms with Gasteiger partial charge in [-0.1, -0.05) is 0 Å². The number of halogens is 1. The van der Waals surface area contributed by atoms with Crippen molar-refractivity contribution in [3.63, 3.8) is 0 Å². The summed E-state index contributed by atoms with van der Waals surface area (Å²) < 4.78 is 14.7. The van der Waals surface area contributed by atoms with Crippen molar-refractivity contribution < 1.29 is 9.18 Å². The standard InChI is InChI=1S/C12H12FN5O/c13-11-1-10(2-14-3-11)12(19)17-4-9(5-17)6-18-8-15-7-16-18/h1-3,7-9H,4-6H2. The van der Waals surface area contributed by atoms with E-state index in [9.17, 15) is 9.18 Å². The fourth-order valence-electron chi connectivity index (χ4n) is 2.15. The molecule has 0 unspecified atom stereocenters. The van der Waals surface area contributed by atoms with E-state index < -0.39 is 5.82 Å². The highest BCUT2D eigenvalue weighted by Gasteiger charge is 2.31. The SMILES string of the molecule is O=C(c1cncc(F)c1)N1CC(Cn2cncn2)C1. The molecule has 19 heavy (non-hydrogen) atoms. The van der Waals surface area contributed by atoms with Gasteiger partial charge in [0.2, 0.25) is 0 Å². The molecule has 1 saturated heterocycles. The van der Waals surface area contributed by atoms with Crippen molar-refractivity contribution in [1.29, 1.82) is 0 Å². The maximum Gasteiger partial charge on any atom is 0.255 e. The van der Waals surface area contributed by atoms with Crippen LogP contribution in [0, 0.1) is 11.7 Å². The Bertz CT molecular complexity index is 580. The van der Waals surface area contributed by atoms with Crippen LogP contribution in [0.5, 0.6) is 0 Å². The predicted octanol–water partition coefficient (Wildman–Crippen LogP) is 0.584. The van der Waals surface area contributed by atoms with Crippen LogP contribution in [0.25, 0.3) is 0 Å². The van der Waals surface area contributed by atoms with Crippen LogP contribution < -0.4 is 0 Å². The highest BCUT2D eigenvalue weighted by molar-refractivity contribution is 5.94. The molecule has 0 saturated carbocycles. The van der Waals surface area contributed by atoms with E-state index in [1.54, 1.807) is 15.9 Å². The number of aromatic nitrogens is 4. The quantitative estimate of drug-likeness (QED) is 0.811. The Kier molecular flexibility index (Phi) is 2.94. The number of rotatable bonds is 3. The molecule has 1 amide bonds. The van der Waals surface area contributed by atoms with E-state index in [2.05, 4.69) is 15.1 Å². The minimum Gasteiger partial charge on any atom is -0.338 e. The number of likely N-dealkylation sites (tertiary alicyclic amines) is 1. The molecule has 1 aliphatic rings. The average Bonchev–Trinajstić information content (AvgIpc) is 2.85. The lowest BCUT2D eigenvalue weighted by molar-refractivity contribution is 0.0460. The summed E-state index contributed by atoms with van der Waals surface area (Å²) in [5, 5.41) is 4.02. The fourth-order valence-corrected chi connectivity index (χ4v) is 2.15. The van der Waals surface area contributed by atoms with E-state index in [1.165, 1.54) is 18.6 Å². The molecule has 0 atom stereocenters. The van der Waals surface area contributed by atoms with Gasteiger partial charge in [-0.15, -0.1) is 0 Å². The summed E-state index contributed by atoms with van der Waals surface area (Å²) in [4.78, 5) is 21.2. The molecule has 3 rings (SSSR count). The fraction of sp³-hybridized carbons (Fsp3) is 0.333. The van der Waals surface area contributed by atoms with Crippen LogP contribution in [0.15, 0.2) is 31.1 Å². The molecular weight excluding hydrogens is 249 g/mol. The van der Waals surface area contributed by atoms with Crippen LogP contribution in [0.4, 0.5) is 4.39 Å². The lowest BCUT2D eigenvalue weighted by Crippen LogP contribution is -2.51. The van der Waals surface area contributed by atoms with Crippen LogP contribution in [-0.4, -0.2) is 43.6 Å². The van der Waals surface area contributed by atoms with E-state index in [4.69, 9.17) is 0 Å². The van der Waals surface area contributed by atoms with Gasteiger partial charge in [0.05, 0.1) is 11.8 Å². The van der Waals surface area contributed by atoms with E-state index in [1.807, 2.05) is 0 Å². The maximum atomic E-state index is 13.0. The second-order valence-electron chi connectivity index (χ2n) is 4.59. The number of nitrogens with zero attached hydrogens (tertiary/aromatic N) is 5. The number of hydrogen-bond donors (Lipinski definition) is 0. The second kappa shape index (κ2) is 4.75. The van der Waals surface area contributed by atoms with Gasteiger partial charge in [-0.2, -0.15) is 5.10 Å². The van der Waals surface area contributed by atoms with Crippen molar-refractivity contribution in [2.75, 3.05) is 13.1 Å². The molecule has 0 spiro atoms. The zero-order valence-electron chi connectivity index (χ0n) is 10.1. The van der Waals surface area contributed by atoms with Crippen molar-refractivity contribution in [2.24, 2.45) is 5.92 Å². The molecule has 3 heterocycles. The third-order valence-electron chi connectivity index (χ3n) is 3.11. The monoisotopic (exact) mass is 261 g/mol. The van der Waals surface area contributed by atoms with E-state index in [-0.39, 0.29) is 5.91 Å². The molecule has 1 aliphatic heterocycles. The average molecular weight is 261 g/mol. The lowest BCUT2D eigenvalue weighted by atomic mass is 9.99. The van der Waals surface area contributed by atoms with Gasteiger partial charge in [-0.3, -0.25) is 14.5 Å². The van der Waals surface area contributed by atoms with Crippen molar-refractivity contribution >= 4 is 5.91 Å². The summed E-state index contributed by atoms with van der Waals surface area (Å²) in [5.74, 6) is -0.306. The molecule has 7 heteroatoms. The van der Waals surface area contributed by atoms with Crippen molar-refractivity contribution in [1.82, 2.24) is 24.6 Å². The van der Waals surface area contributed by atoms with Gasteiger partial charge in [0, 0.05) is 31.7 Å². The van der Waals surface area contributed by atoms with Crippen molar-refractivity contribution in [3.05, 3.63) is 42.5 Å². The summed E-state index contributed by atoms with van der Waals surface area (Å²) in [6, 6.07) is 1.21. The third kappa shape index (κ3) is 2.44. The van der Waals surface area contributed by atoms with Crippen LogP contribution in [-0.2, 0) is 6.54 Å². The Morgan fingerprint density at radius 3 is 2.89 bits per heavy atom. The molecular formula is C12H12FN5O. The largest absolute Gasteiger partial charge is 0.338 e. The Morgan fingerprint density at radius 1 is 1.37 bits per heavy atom. The van der Waals surface area contributed by atoms with Gasteiger partial charge < -0.3 is 4.90 Å². The molecule has 0 aliphatic carbocycles. The minimum absolute atomic E-state index is 0.179. The zero-order chi connectivity index (χ0) is 13.2. The van der Waals surface area contributed by atoms with Crippen LogP contribution in [0.1, 0.15) is 10.4 Å². The Labute approximate surface area is 108 Å². The Balaban J connectivity index is 1.57. The molecule has 98 valence electrons. The number of carbonyl (C=O) groups excluding carboxylic acids is 1. The van der Waals surface area contributed by atoms with Crippen LogP contribution >= 0.6 is 0 Å². The van der Waals surface area contributed by atoms with Gasteiger partial charge >= 0.3 is 0 Å². The summed E-state index contributed by atoms with van der Waals surface area (Å²) in [7, 11) is 0. The Hall–Kier alpha value is -2.31. The molecule has 0 N–H and O–H groups in total. The smallest absolute Gasteiger partial charge is 0.255 e. The third-order valence-corrected chi connectivity index (χ3v) is 3.11. The van der Waals surface area contributed by atoms with E-state index in [0.717, 1.165) is 12.7 Å². The van der Waals surface area contributed by atoms with Gasteiger partial charge in [-0.25, -0.2) is 9.37 Å². The molecule has 0 bridgehead atoms. The number of carbonyl (C=O) groups is 1. The molecule has 2 aromatic heterocycles. The number of pyridine rings is 1. The molecule has 0 radical (unpaired) electrons. The normalized spacial score (nSPS) is 15.3. The zero-order valence-corrected chi connectivity index (χ0v) is 10.1. The van der Waals surface area contributed by atoms with Gasteiger partial charge in [0.15, 0.2) is 0 Å². The van der Waals surface area contributed by atoms with E-state index in [0.29, 0.717) is 24.6 Å². The first-order chi connectivity index (χ1) is 9.22. The highest BCUT2D eigenvalue weighted by atomic mass is 19.1. The van der Waals surface area contributed by atoms with Crippen molar-refractivity contribution in [2.45, 2.75) is 6.54 Å². The van der Waals surface area contributed by atoms with E-state index >= 15 is 0 Å². The first-order valence-electron chi connectivity index (χ1n) is 5.94. The Morgan fingerprint density at radius 2 is 2.21 bits per heavy atom. The number of amides is 1. The number of hydrogen-bond acceptors (Lipinski definition) is 4. The van der Waals surface area contributed by atoms with Crippen LogP contribution in [0.2, 0.25) is 0 Å².